The number of amides is 2. The zero-order valence-corrected chi connectivity index (χ0v) is 10.9. The quantitative estimate of drug-likeness (QED) is 0.873. The van der Waals surface area contributed by atoms with Gasteiger partial charge in [0.25, 0.3) is 0 Å². The Kier molecular flexibility index (Phi) is 5.25. The van der Waals surface area contributed by atoms with Gasteiger partial charge in [-0.2, -0.15) is 0 Å². The summed E-state index contributed by atoms with van der Waals surface area (Å²) in [5.41, 5.74) is 5.90. The van der Waals surface area contributed by atoms with Crippen LogP contribution in [0.2, 0.25) is 10.0 Å². The number of carbonyl (C=O) groups is 2. The maximum absolute atomic E-state index is 11.2. The molecule has 0 bridgehead atoms. The molecule has 0 saturated heterocycles. The second-order valence-corrected chi connectivity index (χ2v) is 4.47. The summed E-state index contributed by atoms with van der Waals surface area (Å²) in [5.74, 6) is -0.990. The molecule has 3 N–H and O–H groups in total. The Hall–Kier alpha value is -1.46. The van der Waals surface area contributed by atoms with Crippen molar-refractivity contribution in [1.29, 1.82) is 0 Å². The van der Waals surface area contributed by atoms with Gasteiger partial charge < -0.3 is 15.7 Å². The van der Waals surface area contributed by atoms with Crippen LogP contribution in [0.4, 0.5) is 4.79 Å². The summed E-state index contributed by atoms with van der Waals surface area (Å²) in [4.78, 5) is 22.9. The lowest BCUT2D eigenvalue weighted by molar-refractivity contribution is -0.137. The van der Waals surface area contributed by atoms with Crippen molar-refractivity contribution in [1.82, 2.24) is 4.90 Å². The highest BCUT2D eigenvalue weighted by molar-refractivity contribution is 6.42. The predicted molar refractivity (Wildman–Crippen MR) is 68.7 cm³/mol. The third kappa shape index (κ3) is 4.43. The third-order valence-electron chi connectivity index (χ3n) is 2.26. The maximum atomic E-state index is 11.2. The molecule has 0 atom stereocenters. The SMILES string of the molecule is NC(=O)N(CCC(=O)O)Cc1ccc(Cl)c(Cl)c1. The van der Waals surface area contributed by atoms with Gasteiger partial charge in [0, 0.05) is 13.1 Å². The zero-order valence-electron chi connectivity index (χ0n) is 9.40. The number of primary amides is 1. The number of benzene rings is 1. The first-order valence-electron chi connectivity index (χ1n) is 5.10. The van der Waals surface area contributed by atoms with Gasteiger partial charge in [-0.15, -0.1) is 0 Å². The lowest BCUT2D eigenvalue weighted by Gasteiger charge is -2.19. The molecule has 7 heteroatoms. The number of urea groups is 1. The highest BCUT2D eigenvalue weighted by Gasteiger charge is 2.12. The average molecular weight is 291 g/mol. The first kappa shape index (κ1) is 14.6. The molecule has 0 saturated carbocycles. The fourth-order valence-electron chi connectivity index (χ4n) is 1.36. The number of rotatable bonds is 5. The van der Waals surface area contributed by atoms with E-state index in [1.54, 1.807) is 18.2 Å². The normalized spacial score (nSPS) is 10.1. The van der Waals surface area contributed by atoms with Gasteiger partial charge >= 0.3 is 12.0 Å². The van der Waals surface area contributed by atoms with Crippen LogP contribution in [0.25, 0.3) is 0 Å². The van der Waals surface area contributed by atoms with Crippen LogP contribution in [0.1, 0.15) is 12.0 Å². The van der Waals surface area contributed by atoms with Crippen molar-refractivity contribution >= 4 is 35.2 Å². The van der Waals surface area contributed by atoms with E-state index < -0.39 is 12.0 Å². The molecule has 1 rings (SSSR count). The predicted octanol–water partition coefficient (Wildman–Crippen LogP) is 2.35. The Morgan fingerprint density at radius 3 is 2.44 bits per heavy atom. The highest BCUT2D eigenvalue weighted by atomic mass is 35.5. The Balaban J connectivity index is 2.73. The molecule has 1 aromatic carbocycles. The molecule has 0 aromatic heterocycles. The van der Waals surface area contributed by atoms with Crippen LogP contribution in [0.15, 0.2) is 18.2 Å². The summed E-state index contributed by atoms with van der Waals surface area (Å²) in [7, 11) is 0. The van der Waals surface area contributed by atoms with Crippen molar-refractivity contribution in [3.05, 3.63) is 33.8 Å². The van der Waals surface area contributed by atoms with Crippen molar-refractivity contribution in [3.63, 3.8) is 0 Å². The highest BCUT2D eigenvalue weighted by Crippen LogP contribution is 2.23. The Labute approximate surface area is 114 Å². The molecule has 1 aromatic rings. The Morgan fingerprint density at radius 1 is 1.28 bits per heavy atom. The van der Waals surface area contributed by atoms with Crippen molar-refractivity contribution < 1.29 is 14.7 Å². The lowest BCUT2D eigenvalue weighted by Crippen LogP contribution is -2.36. The Morgan fingerprint density at radius 2 is 1.94 bits per heavy atom. The van der Waals surface area contributed by atoms with Crippen molar-refractivity contribution in [3.8, 4) is 0 Å². The minimum atomic E-state index is -0.990. The van der Waals surface area contributed by atoms with E-state index in [0.717, 1.165) is 5.56 Å². The van der Waals surface area contributed by atoms with Crippen molar-refractivity contribution in [2.24, 2.45) is 5.73 Å². The van der Waals surface area contributed by atoms with Gasteiger partial charge in [-0.1, -0.05) is 29.3 Å². The molecule has 0 aliphatic carbocycles. The van der Waals surface area contributed by atoms with Crippen LogP contribution in [-0.2, 0) is 11.3 Å². The topological polar surface area (TPSA) is 83.6 Å². The van der Waals surface area contributed by atoms with E-state index in [2.05, 4.69) is 0 Å². The van der Waals surface area contributed by atoms with Crippen LogP contribution in [-0.4, -0.2) is 28.6 Å². The van der Waals surface area contributed by atoms with Gasteiger partial charge in [-0.05, 0) is 17.7 Å². The first-order valence-corrected chi connectivity index (χ1v) is 5.86. The molecule has 0 heterocycles. The fraction of sp³-hybridized carbons (Fsp3) is 0.273. The average Bonchev–Trinajstić information content (AvgIpc) is 2.28. The molecule has 0 fully saturated rings. The van der Waals surface area contributed by atoms with Crippen molar-refractivity contribution in [2.75, 3.05) is 6.54 Å². The molecule has 2 amide bonds. The first-order chi connectivity index (χ1) is 8.40. The van der Waals surface area contributed by atoms with Crippen LogP contribution in [0.5, 0.6) is 0 Å². The van der Waals surface area contributed by atoms with Crippen LogP contribution >= 0.6 is 23.2 Å². The maximum Gasteiger partial charge on any atom is 0.315 e. The lowest BCUT2D eigenvalue weighted by atomic mass is 10.2. The van der Waals surface area contributed by atoms with Gasteiger partial charge in [0.05, 0.1) is 16.5 Å². The van der Waals surface area contributed by atoms with E-state index in [-0.39, 0.29) is 19.5 Å². The molecule has 0 radical (unpaired) electrons. The number of hydrogen-bond acceptors (Lipinski definition) is 2. The van der Waals surface area contributed by atoms with Crippen molar-refractivity contribution in [2.45, 2.75) is 13.0 Å². The number of nitrogens with two attached hydrogens (primary N) is 1. The number of aliphatic carboxylic acids is 1. The summed E-state index contributed by atoms with van der Waals surface area (Å²) in [6.45, 7) is 0.240. The second-order valence-electron chi connectivity index (χ2n) is 3.65. The molecule has 0 aliphatic heterocycles. The number of nitrogens with zero attached hydrogens (tertiary/aromatic N) is 1. The summed E-state index contributed by atoms with van der Waals surface area (Å²) in [6, 6.07) is 4.24. The largest absolute Gasteiger partial charge is 0.481 e. The van der Waals surface area contributed by atoms with E-state index >= 15 is 0 Å². The summed E-state index contributed by atoms with van der Waals surface area (Å²) in [5, 5.41) is 9.36. The number of carboxylic acid groups (broad SMARTS) is 1. The smallest absolute Gasteiger partial charge is 0.315 e. The molecule has 0 spiro atoms. The monoisotopic (exact) mass is 290 g/mol. The van der Waals surface area contributed by atoms with Gasteiger partial charge in [0.2, 0.25) is 0 Å². The minimum Gasteiger partial charge on any atom is -0.481 e. The van der Waals surface area contributed by atoms with Gasteiger partial charge in [-0.3, -0.25) is 4.79 Å². The molecular formula is C11H12Cl2N2O3. The Bertz CT molecular complexity index is 466. The summed E-state index contributed by atoms with van der Waals surface area (Å²) in [6.07, 6.45) is -0.162. The second kappa shape index (κ2) is 6.47. The van der Waals surface area contributed by atoms with Crippen LogP contribution in [0, 0.1) is 0 Å². The standard InChI is InChI=1S/C11H12Cl2N2O3/c12-8-2-1-7(5-9(8)13)6-15(11(14)18)4-3-10(16)17/h1-2,5H,3-4,6H2,(H2,14,18)(H,16,17). The number of carboxylic acids is 1. The number of carbonyl (C=O) groups excluding carboxylic acids is 1. The van der Waals surface area contributed by atoms with E-state index in [1.807, 2.05) is 0 Å². The molecule has 0 unspecified atom stereocenters. The van der Waals surface area contributed by atoms with E-state index in [1.165, 1.54) is 4.90 Å². The molecule has 18 heavy (non-hydrogen) atoms. The number of halogens is 2. The zero-order chi connectivity index (χ0) is 13.7. The summed E-state index contributed by atoms with van der Waals surface area (Å²) < 4.78 is 0. The third-order valence-corrected chi connectivity index (χ3v) is 3.00. The number of hydrogen-bond donors (Lipinski definition) is 2. The van der Waals surface area contributed by atoms with Crippen LogP contribution in [0.3, 0.4) is 0 Å². The van der Waals surface area contributed by atoms with E-state index in [4.69, 9.17) is 34.0 Å². The van der Waals surface area contributed by atoms with Gasteiger partial charge in [-0.25, -0.2) is 4.79 Å². The fourth-order valence-corrected chi connectivity index (χ4v) is 1.68. The minimum absolute atomic E-state index is 0.0465. The summed E-state index contributed by atoms with van der Waals surface area (Å²) >= 11 is 11.6. The van der Waals surface area contributed by atoms with E-state index in [9.17, 15) is 9.59 Å². The van der Waals surface area contributed by atoms with Gasteiger partial charge in [0.15, 0.2) is 0 Å². The van der Waals surface area contributed by atoms with E-state index in [0.29, 0.717) is 10.0 Å². The molecular weight excluding hydrogens is 279 g/mol. The molecule has 0 aliphatic rings. The van der Waals surface area contributed by atoms with Gasteiger partial charge in [0.1, 0.15) is 0 Å². The molecule has 5 nitrogen and oxygen atoms in total. The van der Waals surface area contributed by atoms with Crippen LogP contribution < -0.4 is 5.73 Å². The molecule has 98 valence electrons.